The normalized spacial score (nSPS) is 12.7. The van der Waals surface area contributed by atoms with Crippen molar-refractivity contribution in [1.29, 1.82) is 0 Å². The molecule has 0 aliphatic rings. The number of benzene rings is 3. The molecular weight excluding hydrogens is 538 g/mol. The molecule has 0 radical (unpaired) electrons. The van der Waals surface area contributed by atoms with E-state index >= 15 is 0 Å². The van der Waals surface area contributed by atoms with Gasteiger partial charge in [-0.15, -0.1) is 0 Å². The first kappa shape index (κ1) is 30.0. The third-order valence-electron chi connectivity index (χ3n) is 6.38. The van der Waals surface area contributed by atoms with Crippen LogP contribution < -0.4 is 14.4 Å². The maximum Gasteiger partial charge on any atom is 0.264 e. The summed E-state index contributed by atoms with van der Waals surface area (Å²) < 4.78 is 34.2. The fourth-order valence-corrected chi connectivity index (χ4v) is 5.52. The Bertz CT molecular complexity index is 1370. The quantitative estimate of drug-likeness (QED) is 0.334. The van der Waals surface area contributed by atoms with Crippen molar-refractivity contribution >= 4 is 39.1 Å². The standard InChI is InChI=1S/C29H34ClN3O5S/c1-5-21(2)31-29(35)22(3)32(19-23-12-8-6-9-13-23)28(34)20-33(26-18-24(30)16-17-27(26)38-4)39(36,37)25-14-10-7-11-15-25/h6-18,21-22H,5,19-20H2,1-4H3,(H,31,35)/t21-,22+/m0/s1. The van der Waals surface area contributed by atoms with Crippen molar-refractivity contribution in [2.75, 3.05) is 18.0 Å². The molecule has 2 atom stereocenters. The molecule has 0 saturated heterocycles. The molecule has 8 nitrogen and oxygen atoms in total. The van der Waals surface area contributed by atoms with Crippen LogP contribution in [0.1, 0.15) is 32.8 Å². The van der Waals surface area contributed by atoms with Crippen LogP contribution in [0, 0.1) is 0 Å². The van der Waals surface area contributed by atoms with Crippen LogP contribution in [0.25, 0.3) is 0 Å². The molecule has 0 aliphatic carbocycles. The van der Waals surface area contributed by atoms with Crippen LogP contribution >= 0.6 is 11.6 Å². The second-order valence-corrected chi connectivity index (χ2v) is 11.4. The van der Waals surface area contributed by atoms with Gasteiger partial charge in [0.15, 0.2) is 0 Å². The van der Waals surface area contributed by atoms with E-state index in [4.69, 9.17) is 16.3 Å². The molecule has 39 heavy (non-hydrogen) atoms. The summed E-state index contributed by atoms with van der Waals surface area (Å²) in [7, 11) is -2.82. The largest absolute Gasteiger partial charge is 0.495 e. The number of methoxy groups -OCH3 is 1. The lowest BCUT2D eigenvalue weighted by Crippen LogP contribution is -2.52. The first-order valence-electron chi connectivity index (χ1n) is 12.6. The molecule has 3 aromatic carbocycles. The molecule has 0 heterocycles. The lowest BCUT2D eigenvalue weighted by Gasteiger charge is -2.32. The molecule has 0 aliphatic heterocycles. The van der Waals surface area contributed by atoms with Gasteiger partial charge in [-0.2, -0.15) is 0 Å². The van der Waals surface area contributed by atoms with Crippen molar-refractivity contribution in [3.63, 3.8) is 0 Å². The van der Waals surface area contributed by atoms with Crippen molar-refractivity contribution in [3.8, 4) is 5.75 Å². The number of anilines is 1. The Labute approximate surface area is 235 Å². The van der Waals surface area contributed by atoms with Crippen molar-refractivity contribution in [1.82, 2.24) is 10.2 Å². The van der Waals surface area contributed by atoms with E-state index in [0.29, 0.717) is 0 Å². The van der Waals surface area contributed by atoms with Gasteiger partial charge < -0.3 is 15.0 Å². The van der Waals surface area contributed by atoms with Gasteiger partial charge in [0.25, 0.3) is 10.0 Å². The molecule has 10 heteroatoms. The number of nitrogens with one attached hydrogen (secondary N) is 1. The predicted molar refractivity (Wildman–Crippen MR) is 153 cm³/mol. The number of rotatable bonds is 12. The van der Waals surface area contributed by atoms with Crippen molar-refractivity contribution in [3.05, 3.63) is 89.4 Å². The van der Waals surface area contributed by atoms with E-state index in [0.717, 1.165) is 16.3 Å². The summed E-state index contributed by atoms with van der Waals surface area (Å²) >= 11 is 6.25. The van der Waals surface area contributed by atoms with Crippen LogP contribution in [0.3, 0.4) is 0 Å². The van der Waals surface area contributed by atoms with Crippen LogP contribution in [0.15, 0.2) is 83.8 Å². The summed E-state index contributed by atoms with van der Waals surface area (Å²) in [6.45, 7) is 5.00. The number of halogens is 1. The topological polar surface area (TPSA) is 96.0 Å². The van der Waals surface area contributed by atoms with Crippen molar-refractivity contribution in [2.45, 2.75) is 50.7 Å². The van der Waals surface area contributed by atoms with Crippen molar-refractivity contribution in [2.24, 2.45) is 0 Å². The summed E-state index contributed by atoms with van der Waals surface area (Å²) in [5, 5.41) is 3.19. The third-order valence-corrected chi connectivity index (χ3v) is 8.39. The lowest BCUT2D eigenvalue weighted by molar-refractivity contribution is -0.139. The minimum absolute atomic E-state index is 0.00278. The number of hydrogen-bond donors (Lipinski definition) is 1. The molecule has 0 aromatic heterocycles. The Morgan fingerprint density at radius 1 is 0.974 bits per heavy atom. The molecule has 0 bridgehead atoms. The highest BCUT2D eigenvalue weighted by Gasteiger charge is 2.34. The van der Waals surface area contributed by atoms with Crippen LogP contribution in [0.5, 0.6) is 5.75 Å². The van der Waals surface area contributed by atoms with Gasteiger partial charge in [0.05, 0.1) is 17.7 Å². The number of carbonyl (C=O) groups is 2. The van der Waals surface area contributed by atoms with E-state index < -0.39 is 28.5 Å². The van der Waals surface area contributed by atoms with E-state index in [1.807, 2.05) is 44.2 Å². The minimum atomic E-state index is -4.23. The highest BCUT2D eigenvalue weighted by Crippen LogP contribution is 2.35. The molecule has 208 valence electrons. The fraction of sp³-hybridized carbons (Fsp3) is 0.310. The first-order valence-corrected chi connectivity index (χ1v) is 14.4. The van der Waals surface area contributed by atoms with Crippen LogP contribution in [-0.4, -0.2) is 50.9 Å². The average Bonchev–Trinajstić information content (AvgIpc) is 2.94. The summed E-state index contributed by atoms with van der Waals surface area (Å²) in [6, 6.07) is 20.6. The molecule has 3 aromatic rings. The molecule has 2 amide bonds. The van der Waals surface area contributed by atoms with Crippen LogP contribution in [-0.2, 0) is 26.2 Å². The number of nitrogens with zero attached hydrogens (tertiary/aromatic N) is 2. The number of hydrogen-bond acceptors (Lipinski definition) is 5. The van der Waals surface area contributed by atoms with E-state index in [9.17, 15) is 18.0 Å². The van der Waals surface area contributed by atoms with Gasteiger partial charge in [0, 0.05) is 17.6 Å². The smallest absolute Gasteiger partial charge is 0.264 e. The van der Waals surface area contributed by atoms with Crippen LogP contribution in [0.2, 0.25) is 5.02 Å². The monoisotopic (exact) mass is 571 g/mol. The number of amides is 2. The van der Waals surface area contributed by atoms with Crippen molar-refractivity contribution < 1.29 is 22.7 Å². The van der Waals surface area contributed by atoms with E-state index in [1.165, 1.54) is 30.2 Å². The SMILES string of the molecule is CC[C@H](C)NC(=O)[C@@H](C)N(Cc1ccccc1)C(=O)CN(c1cc(Cl)ccc1OC)S(=O)(=O)c1ccccc1. The Morgan fingerprint density at radius 2 is 1.59 bits per heavy atom. The van der Waals surface area contributed by atoms with Gasteiger partial charge in [-0.3, -0.25) is 13.9 Å². The summed E-state index contributed by atoms with van der Waals surface area (Å²) in [5.41, 5.74) is 0.908. The molecular formula is C29H34ClN3O5S. The predicted octanol–water partition coefficient (Wildman–Crippen LogP) is 4.88. The van der Waals surface area contributed by atoms with E-state index in [-0.39, 0.29) is 39.8 Å². The van der Waals surface area contributed by atoms with E-state index in [1.54, 1.807) is 37.3 Å². The van der Waals surface area contributed by atoms with E-state index in [2.05, 4.69) is 5.32 Å². The summed E-state index contributed by atoms with van der Waals surface area (Å²) in [5.74, 6) is -0.664. The Kier molecular flexibility index (Phi) is 10.4. The number of carbonyl (C=O) groups excluding carboxylic acids is 2. The summed E-state index contributed by atoms with van der Waals surface area (Å²) in [4.78, 5) is 28.4. The molecule has 1 N–H and O–H groups in total. The zero-order valence-corrected chi connectivity index (χ0v) is 24.1. The molecule has 0 unspecified atom stereocenters. The Hall–Kier alpha value is -3.56. The Morgan fingerprint density at radius 3 is 2.18 bits per heavy atom. The fourth-order valence-electron chi connectivity index (χ4n) is 3.92. The van der Waals surface area contributed by atoms with Gasteiger partial charge >= 0.3 is 0 Å². The zero-order chi connectivity index (χ0) is 28.6. The maximum absolute atomic E-state index is 14.0. The van der Waals surface area contributed by atoms with Crippen LogP contribution in [0.4, 0.5) is 5.69 Å². The number of ether oxygens (including phenoxy) is 1. The molecule has 0 fully saturated rings. The average molecular weight is 572 g/mol. The molecule has 0 spiro atoms. The summed E-state index contributed by atoms with van der Waals surface area (Å²) in [6.07, 6.45) is 0.725. The third kappa shape index (κ3) is 7.52. The minimum Gasteiger partial charge on any atom is -0.495 e. The first-order chi connectivity index (χ1) is 18.6. The Balaban J connectivity index is 2.07. The zero-order valence-electron chi connectivity index (χ0n) is 22.5. The lowest BCUT2D eigenvalue weighted by atomic mass is 10.1. The highest BCUT2D eigenvalue weighted by molar-refractivity contribution is 7.92. The van der Waals surface area contributed by atoms with Gasteiger partial charge in [0.1, 0.15) is 18.3 Å². The van der Waals surface area contributed by atoms with Gasteiger partial charge in [0.2, 0.25) is 11.8 Å². The molecule has 3 rings (SSSR count). The highest BCUT2D eigenvalue weighted by atomic mass is 35.5. The van der Waals surface area contributed by atoms with Gasteiger partial charge in [-0.25, -0.2) is 8.42 Å². The molecule has 0 saturated carbocycles. The maximum atomic E-state index is 14.0. The van der Waals surface area contributed by atoms with Gasteiger partial charge in [-0.1, -0.05) is 67.1 Å². The number of sulfonamides is 1. The van der Waals surface area contributed by atoms with Gasteiger partial charge in [-0.05, 0) is 56.2 Å². The second-order valence-electron chi connectivity index (χ2n) is 9.14. The second kappa shape index (κ2) is 13.5.